The van der Waals surface area contributed by atoms with Gasteiger partial charge in [-0.15, -0.1) is 0 Å². The van der Waals surface area contributed by atoms with Crippen molar-refractivity contribution >= 4 is 0 Å². The SMILES string of the molecule is CCOC12CCCC1(C(c1ccccc1)c1ccccc1)CCO2. The van der Waals surface area contributed by atoms with Gasteiger partial charge in [0.1, 0.15) is 0 Å². The van der Waals surface area contributed by atoms with Gasteiger partial charge in [-0.25, -0.2) is 0 Å². The van der Waals surface area contributed by atoms with Crippen molar-refractivity contribution in [3.63, 3.8) is 0 Å². The van der Waals surface area contributed by atoms with Crippen LogP contribution in [0, 0.1) is 5.41 Å². The van der Waals surface area contributed by atoms with Crippen LogP contribution >= 0.6 is 0 Å². The summed E-state index contributed by atoms with van der Waals surface area (Å²) < 4.78 is 12.6. The molecule has 0 spiro atoms. The predicted octanol–water partition coefficient (Wildman–Crippen LogP) is 5.14. The van der Waals surface area contributed by atoms with E-state index in [2.05, 4.69) is 67.6 Å². The summed E-state index contributed by atoms with van der Waals surface area (Å²) in [6, 6.07) is 21.8. The van der Waals surface area contributed by atoms with E-state index in [0.29, 0.717) is 12.5 Å². The molecule has 4 rings (SSSR count). The molecule has 2 atom stereocenters. The Hall–Kier alpha value is -1.64. The number of benzene rings is 2. The van der Waals surface area contributed by atoms with Gasteiger partial charge in [-0.1, -0.05) is 60.7 Å². The number of hydrogen-bond donors (Lipinski definition) is 0. The van der Waals surface area contributed by atoms with Gasteiger partial charge in [0.25, 0.3) is 0 Å². The lowest BCUT2D eigenvalue weighted by molar-refractivity contribution is -0.247. The fourth-order valence-corrected chi connectivity index (χ4v) is 5.13. The molecule has 2 aromatic rings. The van der Waals surface area contributed by atoms with E-state index in [1.54, 1.807) is 0 Å². The Balaban J connectivity index is 1.87. The Morgan fingerprint density at radius 3 is 2.12 bits per heavy atom. The third kappa shape index (κ3) is 2.32. The highest BCUT2D eigenvalue weighted by Gasteiger charge is 2.64. The molecule has 2 aliphatic rings. The number of rotatable bonds is 5. The molecular formula is C22H26O2. The molecule has 2 nitrogen and oxygen atoms in total. The quantitative estimate of drug-likeness (QED) is 0.758. The molecule has 1 heterocycles. The van der Waals surface area contributed by atoms with E-state index in [9.17, 15) is 0 Å². The molecular weight excluding hydrogens is 296 g/mol. The summed E-state index contributed by atoms with van der Waals surface area (Å²) in [5, 5.41) is 0. The molecule has 2 unspecified atom stereocenters. The summed E-state index contributed by atoms with van der Waals surface area (Å²) in [5.74, 6) is -0.102. The Morgan fingerprint density at radius 2 is 1.54 bits per heavy atom. The zero-order valence-corrected chi connectivity index (χ0v) is 14.4. The van der Waals surface area contributed by atoms with Gasteiger partial charge in [0, 0.05) is 24.4 Å². The van der Waals surface area contributed by atoms with Crippen LogP contribution in [-0.4, -0.2) is 19.0 Å². The Kier molecular flexibility index (Phi) is 4.19. The molecule has 0 aromatic heterocycles. The first-order valence-electron chi connectivity index (χ1n) is 9.19. The zero-order chi connectivity index (χ0) is 16.5. The molecule has 0 bridgehead atoms. The molecule has 2 fully saturated rings. The normalized spacial score (nSPS) is 29.1. The Labute approximate surface area is 144 Å². The number of hydrogen-bond acceptors (Lipinski definition) is 2. The van der Waals surface area contributed by atoms with Crippen molar-refractivity contribution in [2.75, 3.05) is 13.2 Å². The molecule has 1 aliphatic carbocycles. The summed E-state index contributed by atoms with van der Waals surface area (Å²) in [6.07, 6.45) is 4.43. The molecule has 1 aliphatic heterocycles. The maximum Gasteiger partial charge on any atom is 0.174 e. The second kappa shape index (κ2) is 6.34. The minimum absolute atomic E-state index is 0.0334. The Morgan fingerprint density at radius 1 is 0.917 bits per heavy atom. The lowest BCUT2D eigenvalue weighted by atomic mass is 9.64. The minimum Gasteiger partial charge on any atom is -0.350 e. The number of ether oxygens (including phenoxy) is 2. The summed E-state index contributed by atoms with van der Waals surface area (Å²) in [4.78, 5) is 0. The van der Waals surface area contributed by atoms with Crippen molar-refractivity contribution in [2.45, 2.75) is 44.3 Å². The van der Waals surface area contributed by atoms with Crippen LogP contribution in [0.5, 0.6) is 0 Å². The third-order valence-corrected chi connectivity index (χ3v) is 5.97. The maximum absolute atomic E-state index is 6.32. The van der Waals surface area contributed by atoms with Gasteiger partial charge in [-0.3, -0.25) is 0 Å². The van der Waals surface area contributed by atoms with E-state index in [4.69, 9.17) is 9.47 Å². The van der Waals surface area contributed by atoms with Gasteiger partial charge in [0.15, 0.2) is 5.79 Å². The maximum atomic E-state index is 6.32. The van der Waals surface area contributed by atoms with Crippen molar-refractivity contribution in [2.24, 2.45) is 5.41 Å². The summed E-state index contributed by atoms with van der Waals surface area (Å²) in [7, 11) is 0. The van der Waals surface area contributed by atoms with Crippen molar-refractivity contribution in [3.05, 3.63) is 71.8 Å². The summed E-state index contributed by atoms with van der Waals surface area (Å²) in [5.41, 5.74) is 2.78. The highest BCUT2D eigenvalue weighted by atomic mass is 16.7. The van der Waals surface area contributed by atoms with Crippen LogP contribution in [-0.2, 0) is 9.47 Å². The largest absolute Gasteiger partial charge is 0.350 e. The average Bonchev–Trinajstić information content (AvgIpc) is 3.12. The van der Waals surface area contributed by atoms with Gasteiger partial charge in [-0.2, -0.15) is 0 Å². The van der Waals surface area contributed by atoms with E-state index in [1.807, 2.05) is 0 Å². The van der Waals surface area contributed by atoms with Crippen molar-refractivity contribution < 1.29 is 9.47 Å². The average molecular weight is 322 g/mol. The monoisotopic (exact) mass is 322 g/mol. The summed E-state index contributed by atoms with van der Waals surface area (Å²) in [6.45, 7) is 3.59. The molecule has 0 N–H and O–H groups in total. The van der Waals surface area contributed by atoms with E-state index >= 15 is 0 Å². The second-order valence-electron chi connectivity index (χ2n) is 7.05. The van der Waals surface area contributed by atoms with Gasteiger partial charge < -0.3 is 9.47 Å². The van der Waals surface area contributed by atoms with Crippen LogP contribution in [0.3, 0.4) is 0 Å². The van der Waals surface area contributed by atoms with Crippen LogP contribution in [0.4, 0.5) is 0 Å². The zero-order valence-electron chi connectivity index (χ0n) is 14.4. The van der Waals surface area contributed by atoms with Crippen molar-refractivity contribution in [1.82, 2.24) is 0 Å². The first-order valence-corrected chi connectivity index (χ1v) is 9.19. The van der Waals surface area contributed by atoms with E-state index in [0.717, 1.165) is 19.4 Å². The van der Waals surface area contributed by atoms with Gasteiger partial charge >= 0.3 is 0 Å². The predicted molar refractivity (Wildman–Crippen MR) is 95.9 cm³/mol. The fraction of sp³-hybridized carbons (Fsp3) is 0.455. The minimum atomic E-state index is -0.419. The molecule has 24 heavy (non-hydrogen) atoms. The second-order valence-corrected chi connectivity index (χ2v) is 7.05. The van der Waals surface area contributed by atoms with Gasteiger partial charge in [0.2, 0.25) is 0 Å². The lowest BCUT2D eigenvalue weighted by Gasteiger charge is -2.44. The molecule has 0 radical (unpaired) electrons. The van der Waals surface area contributed by atoms with Gasteiger partial charge in [-0.05, 0) is 37.3 Å². The van der Waals surface area contributed by atoms with Crippen LogP contribution < -0.4 is 0 Å². The molecule has 2 aromatic carbocycles. The van der Waals surface area contributed by atoms with Crippen LogP contribution in [0.15, 0.2) is 60.7 Å². The van der Waals surface area contributed by atoms with E-state index in [1.165, 1.54) is 24.0 Å². The molecule has 2 heteroatoms. The van der Waals surface area contributed by atoms with E-state index in [-0.39, 0.29) is 5.41 Å². The topological polar surface area (TPSA) is 18.5 Å². The standard InChI is InChI=1S/C22H26O2/c1-2-23-22-15-9-14-21(22,16-17-24-22)20(18-10-5-3-6-11-18)19-12-7-4-8-13-19/h3-8,10-13,20H,2,9,14-17H2,1H3. The van der Waals surface area contributed by atoms with Crippen LogP contribution in [0.2, 0.25) is 0 Å². The first kappa shape index (κ1) is 15.9. The Bertz CT molecular complexity index is 615. The van der Waals surface area contributed by atoms with Crippen LogP contribution in [0.25, 0.3) is 0 Å². The molecule has 126 valence electrons. The van der Waals surface area contributed by atoms with Crippen LogP contribution in [0.1, 0.15) is 49.7 Å². The first-order chi connectivity index (χ1) is 11.8. The molecule has 1 saturated carbocycles. The molecule has 0 amide bonds. The summed E-state index contributed by atoms with van der Waals surface area (Å²) >= 11 is 0. The van der Waals surface area contributed by atoms with E-state index < -0.39 is 5.79 Å². The number of fused-ring (bicyclic) bond motifs is 1. The lowest BCUT2D eigenvalue weighted by Crippen LogP contribution is -2.47. The molecule has 1 saturated heterocycles. The smallest absolute Gasteiger partial charge is 0.174 e. The van der Waals surface area contributed by atoms with Gasteiger partial charge in [0.05, 0.1) is 6.61 Å². The van der Waals surface area contributed by atoms with Crippen molar-refractivity contribution in [3.8, 4) is 0 Å². The fourth-order valence-electron chi connectivity index (χ4n) is 5.13. The highest BCUT2D eigenvalue weighted by molar-refractivity contribution is 5.37. The third-order valence-electron chi connectivity index (χ3n) is 5.97. The van der Waals surface area contributed by atoms with Crippen molar-refractivity contribution in [1.29, 1.82) is 0 Å². The highest BCUT2D eigenvalue weighted by Crippen LogP contribution is 2.64.